The zero-order valence-electron chi connectivity index (χ0n) is 10.4. The van der Waals surface area contributed by atoms with Gasteiger partial charge in [-0.05, 0) is 33.7 Å². The van der Waals surface area contributed by atoms with E-state index in [1.807, 2.05) is 0 Å². The highest BCUT2D eigenvalue weighted by molar-refractivity contribution is 5.24. The Labute approximate surface area is 92.9 Å². The second-order valence-electron chi connectivity index (χ2n) is 4.00. The minimum Gasteiger partial charge on any atom is -0.313 e. The van der Waals surface area contributed by atoms with E-state index in [-0.39, 0.29) is 0 Å². The number of nitrogens with one attached hydrogen (secondary N) is 1. The summed E-state index contributed by atoms with van der Waals surface area (Å²) in [6.45, 7) is 11.6. The van der Waals surface area contributed by atoms with Crippen molar-refractivity contribution in [1.82, 2.24) is 15.1 Å². The van der Waals surface area contributed by atoms with Crippen LogP contribution < -0.4 is 5.32 Å². The van der Waals surface area contributed by atoms with Crippen LogP contribution >= 0.6 is 0 Å². The molecule has 0 unspecified atom stereocenters. The van der Waals surface area contributed by atoms with E-state index in [1.165, 1.54) is 29.8 Å². The van der Waals surface area contributed by atoms with Gasteiger partial charge in [0.15, 0.2) is 0 Å². The van der Waals surface area contributed by atoms with Gasteiger partial charge in [0.2, 0.25) is 0 Å². The molecule has 1 N–H and O–H groups in total. The molecule has 0 amide bonds. The van der Waals surface area contributed by atoms with Gasteiger partial charge in [0.25, 0.3) is 0 Å². The largest absolute Gasteiger partial charge is 0.313 e. The predicted octanol–water partition coefficient (Wildman–Crippen LogP) is 2.41. The van der Waals surface area contributed by atoms with Gasteiger partial charge in [-0.2, -0.15) is 5.10 Å². The van der Waals surface area contributed by atoms with E-state index in [9.17, 15) is 0 Å². The molecule has 15 heavy (non-hydrogen) atoms. The van der Waals surface area contributed by atoms with Crippen LogP contribution in [-0.2, 0) is 13.1 Å². The van der Waals surface area contributed by atoms with E-state index < -0.39 is 0 Å². The number of aromatic nitrogens is 2. The summed E-state index contributed by atoms with van der Waals surface area (Å²) in [5.41, 5.74) is 3.84. The molecule has 0 aliphatic heterocycles. The molecule has 0 atom stereocenters. The molecular weight excluding hydrogens is 186 g/mol. The third-order valence-electron chi connectivity index (χ3n) is 2.84. The van der Waals surface area contributed by atoms with E-state index in [4.69, 9.17) is 0 Å². The van der Waals surface area contributed by atoms with Crippen LogP contribution in [0.15, 0.2) is 0 Å². The van der Waals surface area contributed by atoms with Crippen molar-refractivity contribution in [3.63, 3.8) is 0 Å². The molecule has 0 aliphatic rings. The lowest BCUT2D eigenvalue weighted by Gasteiger charge is -2.04. The van der Waals surface area contributed by atoms with Gasteiger partial charge in [-0.3, -0.25) is 4.68 Å². The maximum absolute atomic E-state index is 4.50. The van der Waals surface area contributed by atoms with E-state index in [0.717, 1.165) is 19.6 Å². The molecule has 0 saturated heterocycles. The standard InChI is InChI=1S/C12H23N3/c1-5-7-8-13-9-12-10(3)14-15(6-2)11(12)4/h13H,5-9H2,1-4H3. The van der Waals surface area contributed by atoms with Crippen molar-refractivity contribution in [1.29, 1.82) is 0 Å². The lowest BCUT2D eigenvalue weighted by atomic mass is 10.2. The third-order valence-corrected chi connectivity index (χ3v) is 2.84. The van der Waals surface area contributed by atoms with Crippen LogP contribution in [0.3, 0.4) is 0 Å². The summed E-state index contributed by atoms with van der Waals surface area (Å²) >= 11 is 0. The lowest BCUT2D eigenvalue weighted by Crippen LogP contribution is -2.15. The Bertz CT molecular complexity index is 302. The minimum absolute atomic E-state index is 0.956. The summed E-state index contributed by atoms with van der Waals surface area (Å²) in [5.74, 6) is 0. The van der Waals surface area contributed by atoms with Crippen LogP contribution in [0.4, 0.5) is 0 Å². The lowest BCUT2D eigenvalue weighted by molar-refractivity contribution is 0.624. The first-order chi connectivity index (χ1) is 7.20. The molecule has 0 aromatic carbocycles. The Hall–Kier alpha value is -0.830. The van der Waals surface area contributed by atoms with Gasteiger partial charge in [0.1, 0.15) is 0 Å². The molecule has 1 aromatic heterocycles. The topological polar surface area (TPSA) is 29.9 Å². The molecular formula is C12H23N3. The molecule has 1 aromatic rings. The monoisotopic (exact) mass is 209 g/mol. The molecule has 0 radical (unpaired) electrons. The molecule has 0 aliphatic carbocycles. The normalized spacial score (nSPS) is 10.9. The van der Waals surface area contributed by atoms with Crippen LogP contribution in [0.25, 0.3) is 0 Å². The SMILES string of the molecule is CCCCNCc1c(C)nn(CC)c1C. The highest BCUT2D eigenvalue weighted by atomic mass is 15.3. The smallest absolute Gasteiger partial charge is 0.0641 e. The van der Waals surface area contributed by atoms with Gasteiger partial charge in [0, 0.05) is 24.3 Å². The Morgan fingerprint density at radius 2 is 2.00 bits per heavy atom. The molecule has 1 heterocycles. The summed E-state index contributed by atoms with van der Waals surface area (Å²) in [6.07, 6.45) is 2.50. The number of hydrogen-bond acceptors (Lipinski definition) is 2. The fraction of sp³-hybridized carbons (Fsp3) is 0.750. The Morgan fingerprint density at radius 3 is 2.53 bits per heavy atom. The highest BCUT2D eigenvalue weighted by Crippen LogP contribution is 2.12. The minimum atomic E-state index is 0.956. The second-order valence-corrected chi connectivity index (χ2v) is 4.00. The van der Waals surface area contributed by atoms with Crippen molar-refractivity contribution in [2.45, 2.75) is 53.6 Å². The van der Waals surface area contributed by atoms with Gasteiger partial charge in [-0.25, -0.2) is 0 Å². The van der Waals surface area contributed by atoms with Crippen LogP contribution in [0.5, 0.6) is 0 Å². The van der Waals surface area contributed by atoms with Gasteiger partial charge >= 0.3 is 0 Å². The second kappa shape index (κ2) is 5.91. The quantitative estimate of drug-likeness (QED) is 0.729. The molecule has 0 fully saturated rings. The highest BCUT2D eigenvalue weighted by Gasteiger charge is 2.09. The van der Waals surface area contributed by atoms with Gasteiger partial charge in [-0.15, -0.1) is 0 Å². The molecule has 3 nitrogen and oxygen atoms in total. The first-order valence-corrected chi connectivity index (χ1v) is 5.94. The summed E-state index contributed by atoms with van der Waals surface area (Å²) in [6, 6.07) is 0. The van der Waals surface area contributed by atoms with Crippen LogP contribution in [0.2, 0.25) is 0 Å². The van der Waals surface area contributed by atoms with Crippen molar-refractivity contribution in [2.75, 3.05) is 6.54 Å². The number of aryl methyl sites for hydroxylation is 2. The maximum atomic E-state index is 4.50. The van der Waals surface area contributed by atoms with E-state index >= 15 is 0 Å². The summed E-state index contributed by atoms with van der Waals surface area (Å²) < 4.78 is 2.08. The van der Waals surface area contributed by atoms with Crippen molar-refractivity contribution in [2.24, 2.45) is 0 Å². The average molecular weight is 209 g/mol. The molecule has 0 saturated carbocycles. The number of nitrogens with zero attached hydrogens (tertiary/aromatic N) is 2. The van der Waals surface area contributed by atoms with Gasteiger partial charge in [0.05, 0.1) is 5.69 Å². The molecule has 1 rings (SSSR count). The zero-order chi connectivity index (χ0) is 11.3. The zero-order valence-corrected chi connectivity index (χ0v) is 10.4. The van der Waals surface area contributed by atoms with Crippen LogP contribution in [0, 0.1) is 13.8 Å². The predicted molar refractivity (Wildman–Crippen MR) is 64.0 cm³/mol. The Morgan fingerprint density at radius 1 is 1.27 bits per heavy atom. The van der Waals surface area contributed by atoms with E-state index in [1.54, 1.807) is 0 Å². The Balaban J connectivity index is 2.56. The number of hydrogen-bond donors (Lipinski definition) is 1. The average Bonchev–Trinajstić information content (AvgIpc) is 2.50. The molecule has 0 spiro atoms. The number of unbranched alkanes of at least 4 members (excludes halogenated alkanes) is 1. The van der Waals surface area contributed by atoms with E-state index in [0.29, 0.717) is 0 Å². The summed E-state index contributed by atoms with van der Waals surface area (Å²) in [7, 11) is 0. The molecule has 3 heteroatoms. The Kier molecular flexibility index (Phi) is 4.82. The fourth-order valence-corrected chi connectivity index (χ4v) is 1.81. The molecule has 86 valence electrons. The van der Waals surface area contributed by atoms with Crippen molar-refractivity contribution < 1.29 is 0 Å². The van der Waals surface area contributed by atoms with Gasteiger partial charge in [-0.1, -0.05) is 13.3 Å². The number of rotatable bonds is 6. The molecule has 0 bridgehead atoms. The summed E-state index contributed by atoms with van der Waals surface area (Å²) in [5, 5.41) is 7.97. The van der Waals surface area contributed by atoms with Crippen LogP contribution in [-0.4, -0.2) is 16.3 Å². The fourth-order valence-electron chi connectivity index (χ4n) is 1.81. The van der Waals surface area contributed by atoms with Crippen molar-refractivity contribution in [3.05, 3.63) is 17.0 Å². The van der Waals surface area contributed by atoms with Crippen molar-refractivity contribution in [3.8, 4) is 0 Å². The first-order valence-electron chi connectivity index (χ1n) is 5.94. The van der Waals surface area contributed by atoms with Gasteiger partial charge < -0.3 is 5.32 Å². The maximum Gasteiger partial charge on any atom is 0.0641 e. The van der Waals surface area contributed by atoms with Crippen molar-refractivity contribution >= 4 is 0 Å². The first kappa shape index (κ1) is 12.2. The third kappa shape index (κ3) is 3.06. The van der Waals surface area contributed by atoms with E-state index in [2.05, 4.69) is 42.8 Å². The summed E-state index contributed by atoms with van der Waals surface area (Å²) in [4.78, 5) is 0. The van der Waals surface area contributed by atoms with Crippen LogP contribution in [0.1, 0.15) is 43.6 Å².